The van der Waals surface area contributed by atoms with Crippen LogP contribution in [0.25, 0.3) is 10.8 Å². The zero-order valence-electron chi connectivity index (χ0n) is 8.86. The molecule has 1 atom stereocenters. The predicted molar refractivity (Wildman–Crippen MR) is 62.4 cm³/mol. The molecule has 2 aromatic rings. The number of esters is 1. The van der Waals surface area contributed by atoms with Crippen molar-refractivity contribution in [1.29, 1.82) is 0 Å². The minimum Gasteiger partial charge on any atom is -0.438 e. The van der Waals surface area contributed by atoms with Crippen LogP contribution in [0.4, 0.5) is 5.69 Å². The molecular formula is C13H11NO2. The van der Waals surface area contributed by atoms with Crippen molar-refractivity contribution in [3.8, 4) is 0 Å². The van der Waals surface area contributed by atoms with Gasteiger partial charge < -0.3 is 10.1 Å². The molecular weight excluding hydrogens is 202 g/mol. The molecule has 0 bridgehead atoms. The third-order valence-electron chi connectivity index (χ3n) is 2.75. The van der Waals surface area contributed by atoms with Crippen LogP contribution < -0.4 is 5.32 Å². The predicted octanol–water partition coefficient (Wildman–Crippen LogP) is 2.77. The summed E-state index contributed by atoms with van der Waals surface area (Å²) in [6.07, 6.45) is -0.263. The lowest BCUT2D eigenvalue weighted by atomic mass is 10.0. The number of rotatable bonds is 0. The largest absolute Gasteiger partial charge is 0.438 e. The van der Waals surface area contributed by atoms with Crippen molar-refractivity contribution in [2.45, 2.75) is 13.2 Å². The highest BCUT2D eigenvalue weighted by atomic mass is 16.6. The van der Waals surface area contributed by atoms with Crippen LogP contribution in [0.5, 0.6) is 0 Å². The molecule has 3 nitrogen and oxygen atoms in total. The Morgan fingerprint density at radius 1 is 1.19 bits per heavy atom. The van der Waals surface area contributed by atoms with E-state index in [9.17, 15) is 4.79 Å². The Bertz CT molecular complexity index is 577. The maximum Gasteiger partial charge on any atom is 0.342 e. The summed E-state index contributed by atoms with van der Waals surface area (Å²) in [5.41, 5.74) is 1.46. The highest BCUT2D eigenvalue weighted by Gasteiger charge is 2.22. The van der Waals surface area contributed by atoms with Crippen molar-refractivity contribution >= 4 is 22.4 Å². The van der Waals surface area contributed by atoms with Gasteiger partial charge in [0.2, 0.25) is 0 Å². The van der Waals surface area contributed by atoms with Crippen LogP contribution >= 0.6 is 0 Å². The summed E-state index contributed by atoms with van der Waals surface area (Å²) in [6, 6.07) is 11.8. The van der Waals surface area contributed by atoms with E-state index in [1.807, 2.05) is 43.3 Å². The maximum absolute atomic E-state index is 11.7. The van der Waals surface area contributed by atoms with Crippen LogP contribution in [-0.4, -0.2) is 12.2 Å². The number of ether oxygens (including phenoxy) is 1. The van der Waals surface area contributed by atoms with Gasteiger partial charge in [0.15, 0.2) is 6.23 Å². The first kappa shape index (κ1) is 9.21. The van der Waals surface area contributed by atoms with Crippen LogP contribution in [0.2, 0.25) is 0 Å². The van der Waals surface area contributed by atoms with E-state index in [0.29, 0.717) is 5.56 Å². The number of benzene rings is 2. The van der Waals surface area contributed by atoms with E-state index >= 15 is 0 Å². The van der Waals surface area contributed by atoms with E-state index in [2.05, 4.69) is 5.32 Å². The van der Waals surface area contributed by atoms with E-state index in [1.165, 1.54) is 0 Å². The van der Waals surface area contributed by atoms with Crippen molar-refractivity contribution in [1.82, 2.24) is 0 Å². The molecule has 16 heavy (non-hydrogen) atoms. The minimum atomic E-state index is -0.263. The summed E-state index contributed by atoms with van der Waals surface area (Å²) in [5.74, 6) is -0.257. The summed E-state index contributed by atoms with van der Waals surface area (Å²) in [5, 5.41) is 5.31. The van der Waals surface area contributed by atoms with Gasteiger partial charge >= 0.3 is 5.97 Å². The minimum absolute atomic E-state index is 0.257. The Morgan fingerprint density at radius 2 is 1.88 bits per heavy atom. The maximum atomic E-state index is 11.7. The van der Waals surface area contributed by atoms with Crippen LogP contribution in [0.1, 0.15) is 17.3 Å². The Labute approximate surface area is 93.0 Å². The molecule has 1 heterocycles. The van der Waals surface area contributed by atoms with Crippen molar-refractivity contribution < 1.29 is 9.53 Å². The van der Waals surface area contributed by atoms with Gasteiger partial charge in [0, 0.05) is 0 Å². The number of fused-ring (bicyclic) bond motifs is 2. The van der Waals surface area contributed by atoms with Gasteiger partial charge in [-0.1, -0.05) is 24.3 Å². The monoisotopic (exact) mass is 213 g/mol. The second-order valence-electron chi connectivity index (χ2n) is 3.94. The molecule has 0 saturated carbocycles. The third-order valence-corrected chi connectivity index (χ3v) is 2.75. The first-order valence-electron chi connectivity index (χ1n) is 5.24. The second-order valence-corrected chi connectivity index (χ2v) is 3.94. The Hall–Kier alpha value is -2.03. The lowest BCUT2D eigenvalue weighted by molar-refractivity contribution is 0.0370. The molecule has 3 heteroatoms. The van der Waals surface area contributed by atoms with Crippen molar-refractivity contribution in [2.75, 3.05) is 5.32 Å². The molecule has 2 aromatic carbocycles. The molecule has 0 saturated heterocycles. The van der Waals surface area contributed by atoms with Crippen LogP contribution in [0.15, 0.2) is 36.4 Å². The number of cyclic esters (lactones) is 1. The van der Waals surface area contributed by atoms with Gasteiger partial charge in [-0.3, -0.25) is 0 Å². The van der Waals surface area contributed by atoms with E-state index in [1.54, 1.807) is 0 Å². The average Bonchev–Trinajstić information content (AvgIpc) is 2.27. The quantitative estimate of drug-likeness (QED) is 0.684. The van der Waals surface area contributed by atoms with Crippen molar-refractivity contribution in [2.24, 2.45) is 0 Å². The first-order chi connectivity index (χ1) is 7.74. The Balaban J connectivity index is 2.26. The highest BCUT2D eigenvalue weighted by molar-refractivity contribution is 6.02. The molecule has 0 radical (unpaired) electrons. The van der Waals surface area contributed by atoms with Crippen molar-refractivity contribution in [3.05, 3.63) is 42.0 Å². The fraction of sp³-hybridized carbons (Fsp3) is 0.154. The van der Waals surface area contributed by atoms with Gasteiger partial charge in [0.25, 0.3) is 0 Å². The van der Waals surface area contributed by atoms with Crippen molar-refractivity contribution in [3.63, 3.8) is 0 Å². The molecule has 3 rings (SSSR count). The number of hydrogen-bond acceptors (Lipinski definition) is 3. The smallest absolute Gasteiger partial charge is 0.342 e. The molecule has 0 aromatic heterocycles. The summed E-state index contributed by atoms with van der Waals surface area (Å²) >= 11 is 0. The molecule has 0 aliphatic carbocycles. The molecule has 0 amide bonds. The normalized spacial score (nSPS) is 18.8. The van der Waals surface area contributed by atoms with E-state index in [-0.39, 0.29) is 12.2 Å². The van der Waals surface area contributed by atoms with Gasteiger partial charge in [-0.15, -0.1) is 0 Å². The summed E-state index contributed by atoms with van der Waals surface area (Å²) < 4.78 is 5.11. The van der Waals surface area contributed by atoms with Crippen LogP contribution in [0, 0.1) is 0 Å². The second kappa shape index (κ2) is 3.23. The van der Waals surface area contributed by atoms with E-state index in [4.69, 9.17) is 4.74 Å². The zero-order valence-corrected chi connectivity index (χ0v) is 8.86. The van der Waals surface area contributed by atoms with Crippen LogP contribution in [-0.2, 0) is 4.74 Å². The standard InChI is InChI=1S/C13H11NO2/c1-8-14-12-7-10-5-3-2-4-9(10)6-11(12)13(15)16-8/h2-8,14H,1H3. The molecule has 0 fully saturated rings. The zero-order chi connectivity index (χ0) is 11.1. The number of hydrogen-bond donors (Lipinski definition) is 1. The lowest BCUT2D eigenvalue weighted by Crippen LogP contribution is -2.29. The molecule has 0 spiro atoms. The Kier molecular flexibility index (Phi) is 1.86. The molecule has 80 valence electrons. The fourth-order valence-corrected chi connectivity index (χ4v) is 2.00. The van der Waals surface area contributed by atoms with E-state index in [0.717, 1.165) is 16.5 Å². The third kappa shape index (κ3) is 1.33. The molecule has 1 N–H and O–H groups in total. The summed E-state index contributed by atoms with van der Waals surface area (Å²) in [7, 11) is 0. The molecule has 1 unspecified atom stereocenters. The SMILES string of the molecule is CC1Nc2cc3ccccc3cc2C(=O)O1. The van der Waals surface area contributed by atoms with Gasteiger partial charge in [-0.05, 0) is 29.8 Å². The van der Waals surface area contributed by atoms with Gasteiger partial charge in [0.1, 0.15) is 0 Å². The lowest BCUT2D eigenvalue weighted by Gasteiger charge is -2.24. The fourth-order valence-electron chi connectivity index (χ4n) is 2.00. The topological polar surface area (TPSA) is 38.3 Å². The number of nitrogens with one attached hydrogen (secondary N) is 1. The molecule has 1 aliphatic heterocycles. The number of anilines is 1. The number of carbonyl (C=O) groups excluding carboxylic acids is 1. The summed E-state index contributed by atoms with van der Waals surface area (Å²) in [6.45, 7) is 1.82. The van der Waals surface area contributed by atoms with E-state index < -0.39 is 0 Å². The van der Waals surface area contributed by atoms with Gasteiger partial charge in [-0.25, -0.2) is 4.79 Å². The Morgan fingerprint density at radius 3 is 2.62 bits per heavy atom. The number of carbonyl (C=O) groups is 1. The van der Waals surface area contributed by atoms with Crippen LogP contribution in [0.3, 0.4) is 0 Å². The van der Waals surface area contributed by atoms with Gasteiger partial charge in [0.05, 0.1) is 11.3 Å². The molecule has 1 aliphatic rings. The highest BCUT2D eigenvalue weighted by Crippen LogP contribution is 2.28. The van der Waals surface area contributed by atoms with Gasteiger partial charge in [-0.2, -0.15) is 0 Å². The first-order valence-corrected chi connectivity index (χ1v) is 5.24. The summed E-state index contributed by atoms with van der Waals surface area (Å²) in [4.78, 5) is 11.7. The average molecular weight is 213 g/mol.